The molecular formula is C7H4BrN4Na. The molecule has 1 aromatic heterocycles. The molecule has 4 nitrogen and oxygen atoms in total. The summed E-state index contributed by atoms with van der Waals surface area (Å²) in [6.07, 6.45) is 0. The molecule has 13 heavy (non-hydrogen) atoms. The van der Waals surface area contributed by atoms with Crippen LogP contribution in [0, 0.1) is 0 Å². The topological polar surface area (TPSA) is 52.8 Å². The number of tetrazole rings is 1. The molecule has 1 heterocycles. The van der Waals surface area contributed by atoms with Gasteiger partial charge in [-0.1, -0.05) is 34.1 Å². The molecule has 0 bridgehead atoms. The SMILES string of the molecule is Brc1ccccc1-c1nn[n-]n1.[Na+]. The first-order chi connectivity index (χ1) is 5.88. The van der Waals surface area contributed by atoms with Crippen molar-refractivity contribution in [2.75, 3.05) is 0 Å². The van der Waals surface area contributed by atoms with Gasteiger partial charge < -0.3 is 5.10 Å². The largest absolute Gasteiger partial charge is 1.00 e. The molecule has 0 unspecified atom stereocenters. The van der Waals surface area contributed by atoms with Gasteiger partial charge in [0, 0.05) is 10.0 Å². The summed E-state index contributed by atoms with van der Waals surface area (Å²) < 4.78 is 0.944. The first-order valence-electron chi connectivity index (χ1n) is 3.31. The molecule has 0 saturated carbocycles. The molecule has 6 heteroatoms. The number of benzene rings is 1. The summed E-state index contributed by atoms with van der Waals surface area (Å²) in [5.74, 6) is 0.544. The number of hydrogen-bond donors (Lipinski definition) is 0. The zero-order valence-electron chi connectivity index (χ0n) is 6.98. The van der Waals surface area contributed by atoms with Gasteiger partial charge in [0.05, 0.1) is 5.82 Å². The van der Waals surface area contributed by atoms with E-state index in [4.69, 9.17) is 0 Å². The van der Waals surface area contributed by atoms with Crippen LogP contribution >= 0.6 is 15.9 Å². The minimum absolute atomic E-state index is 0. The Morgan fingerprint density at radius 2 is 2.00 bits per heavy atom. The summed E-state index contributed by atoms with van der Waals surface area (Å²) in [6, 6.07) is 7.67. The number of hydrogen-bond acceptors (Lipinski definition) is 3. The Kier molecular flexibility index (Phi) is 4.05. The third-order valence-electron chi connectivity index (χ3n) is 1.43. The molecular weight excluding hydrogens is 243 g/mol. The Hall–Kier alpha value is -0.230. The smallest absolute Gasteiger partial charge is 0.331 e. The van der Waals surface area contributed by atoms with Crippen LogP contribution in [-0.4, -0.2) is 15.4 Å². The zero-order chi connectivity index (χ0) is 8.39. The first-order valence-corrected chi connectivity index (χ1v) is 4.11. The molecule has 0 N–H and O–H groups in total. The summed E-state index contributed by atoms with van der Waals surface area (Å²) in [5.41, 5.74) is 0.905. The van der Waals surface area contributed by atoms with Crippen molar-refractivity contribution in [2.24, 2.45) is 0 Å². The minimum atomic E-state index is 0. The van der Waals surface area contributed by atoms with Gasteiger partial charge in [0.25, 0.3) is 0 Å². The molecule has 0 saturated heterocycles. The van der Waals surface area contributed by atoms with Gasteiger partial charge in [0.2, 0.25) is 0 Å². The van der Waals surface area contributed by atoms with Crippen molar-refractivity contribution in [2.45, 2.75) is 0 Å². The minimum Gasteiger partial charge on any atom is -0.331 e. The quantitative estimate of drug-likeness (QED) is 0.561. The third kappa shape index (κ3) is 2.37. The number of rotatable bonds is 1. The van der Waals surface area contributed by atoms with Gasteiger partial charge >= 0.3 is 29.6 Å². The van der Waals surface area contributed by atoms with Gasteiger partial charge in [-0.2, -0.15) is 0 Å². The number of aromatic nitrogens is 4. The maximum absolute atomic E-state index is 3.75. The Morgan fingerprint density at radius 3 is 2.62 bits per heavy atom. The molecule has 0 aliphatic carbocycles. The van der Waals surface area contributed by atoms with Crippen LogP contribution in [0.15, 0.2) is 28.7 Å². The van der Waals surface area contributed by atoms with Crippen molar-refractivity contribution < 1.29 is 29.6 Å². The van der Waals surface area contributed by atoms with Crippen molar-refractivity contribution in [1.29, 1.82) is 0 Å². The summed E-state index contributed by atoms with van der Waals surface area (Å²) in [6.45, 7) is 0. The summed E-state index contributed by atoms with van der Waals surface area (Å²) in [4.78, 5) is 0. The third-order valence-corrected chi connectivity index (χ3v) is 2.13. The van der Waals surface area contributed by atoms with Crippen LogP contribution in [0.3, 0.4) is 0 Å². The van der Waals surface area contributed by atoms with E-state index in [0.717, 1.165) is 10.0 Å². The van der Waals surface area contributed by atoms with Crippen molar-refractivity contribution in [1.82, 2.24) is 20.6 Å². The monoisotopic (exact) mass is 246 g/mol. The van der Waals surface area contributed by atoms with Crippen LogP contribution in [-0.2, 0) is 0 Å². The molecule has 0 aliphatic rings. The molecule has 0 atom stereocenters. The van der Waals surface area contributed by atoms with Gasteiger partial charge in [0.1, 0.15) is 0 Å². The van der Waals surface area contributed by atoms with E-state index in [1.165, 1.54) is 0 Å². The molecule has 0 fully saturated rings. The van der Waals surface area contributed by atoms with E-state index >= 15 is 0 Å². The Morgan fingerprint density at radius 1 is 1.23 bits per heavy atom. The van der Waals surface area contributed by atoms with E-state index in [1.807, 2.05) is 24.3 Å². The van der Waals surface area contributed by atoms with Crippen LogP contribution in [0.1, 0.15) is 0 Å². The molecule has 0 spiro atoms. The predicted molar refractivity (Wildman–Crippen MR) is 46.3 cm³/mol. The van der Waals surface area contributed by atoms with Crippen LogP contribution in [0.2, 0.25) is 0 Å². The molecule has 1 aromatic carbocycles. The van der Waals surface area contributed by atoms with Crippen LogP contribution in [0.25, 0.3) is 11.4 Å². The van der Waals surface area contributed by atoms with E-state index in [9.17, 15) is 0 Å². The zero-order valence-corrected chi connectivity index (χ0v) is 10.6. The molecule has 0 radical (unpaired) electrons. The van der Waals surface area contributed by atoms with Gasteiger partial charge in [0.15, 0.2) is 0 Å². The molecule has 0 amide bonds. The second-order valence-corrected chi connectivity index (χ2v) is 3.04. The standard InChI is InChI=1S/C7H4BrN4.Na/c8-6-4-2-1-3-5(6)7-9-11-12-10-7;/h1-4H;/q-1;+1. The predicted octanol–water partition coefficient (Wildman–Crippen LogP) is -1.74. The molecule has 2 aromatic rings. The maximum Gasteiger partial charge on any atom is 1.00 e. The van der Waals surface area contributed by atoms with Gasteiger partial charge in [-0.25, -0.2) is 5.10 Å². The van der Waals surface area contributed by atoms with Crippen molar-refractivity contribution in [3.8, 4) is 11.4 Å². The van der Waals surface area contributed by atoms with E-state index in [2.05, 4.69) is 36.6 Å². The van der Waals surface area contributed by atoms with Gasteiger partial charge in [-0.05, 0) is 6.07 Å². The second-order valence-electron chi connectivity index (χ2n) is 2.18. The average molecular weight is 247 g/mol. The van der Waals surface area contributed by atoms with E-state index in [-0.39, 0.29) is 29.6 Å². The molecule has 60 valence electrons. The Bertz CT molecular complexity index is 376. The second kappa shape index (κ2) is 4.85. The van der Waals surface area contributed by atoms with Crippen LogP contribution in [0.5, 0.6) is 0 Å². The van der Waals surface area contributed by atoms with Crippen molar-refractivity contribution in [3.63, 3.8) is 0 Å². The Balaban J connectivity index is 0.000000845. The van der Waals surface area contributed by atoms with Crippen molar-refractivity contribution >= 4 is 15.9 Å². The Labute approximate surface area is 106 Å². The average Bonchev–Trinajstić information content (AvgIpc) is 2.57. The first kappa shape index (κ1) is 10.8. The van der Waals surface area contributed by atoms with Crippen LogP contribution in [0.4, 0.5) is 0 Å². The van der Waals surface area contributed by atoms with Crippen molar-refractivity contribution in [3.05, 3.63) is 28.7 Å². The molecule has 0 aliphatic heterocycles. The van der Waals surface area contributed by atoms with Gasteiger partial charge in [-0.15, -0.1) is 0 Å². The normalized spacial score (nSPS) is 9.31. The summed E-state index contributed by atoms with van der Waals surface area (Å²) >= 11 is 3.38. The van der Waals surface area contributed by atoms with E-state index < -0.39 is 0 Å². The van der Waals surface area contributed by atoms with Gasteiger partial charge in [-0.3, -0.25) is 10.4 Å². The molecule has 2 rings (SSSR count). The maximum atomic E-state index is 3.75. The fourth-order valence-electron chi connectivity index (χ4n) is 0.895. The number of halogens is 1. The van der Waals surface area contributed by atoms with Crippen LogP contribution < -0.4 is 34.8 Å². The van der Waals surface area contributed by atoms with E-state index in [0.29, 0.717) is 5.82 Å². The summed E-state index contributed by atoms with van der Waals surface area (Å²) in [7, 11) is 0. The summed E-state index contributed by atoms with van der Waals surface area (Å²) in [5, 5.41) is 14.3. The number of nitrogens with zero attached hydrogens (tertiary/aromatic N) is 4. The fraction of sp³-hybridized carbons (Fsp3) is 0. The fourth-order valence-corrected chi connectivity index (χ4v) is 1.36. The van der Waals surface area contributed by atoms with E-state index in [1.54, 1.807) is 0 Å².